The first-order chi connectivity index (χ1) is 23.4. The summed E-state index contributed by atoms with van der Waals surface area (Å²) in [4.78, 5) is 29.4. The smallest absolute Gasteiger partial charge is 0.197 e. The van der Waals surface area contributed by atoms with Crippen molar-refractivity contribution in [2.75, 3.05) is 4.90 Å². The summed E-state index contributed by atoms with van der Waals surface area (Å²) < 4.78 is 0. The van der Waals surface area contributed by atoms with E-state index in [1.165, 1.54) is 38.7 Å². The Hall–Kier alpha value is -5.80. The number of carbonyl (C=O) groups excluding carboxylic acids is 2. The molecule has 0 radical (unpaired) electrons. The van der Waals surface area contributed by atoms with Crippen LogP contribution in [0.3, 0.4) is 0 Å². The molecular weight excluding hydrogens is 587 g/mol. The maximum atomic E-state index is 13.5. The van der Waals surface area contributed by atoms with E-state index in [1.54, 1.807) is 6.08 Å². The molecule has 0 fully saturated rings. The monoisotopic (exact) mass is 619 g/mol. The number of benzene rings is 6. The third kappa shape index (κ3) is 4.35. The van der Waals surface area contributed by atoms with Gasteiger partial charge < -0.3 is 4.90 Å². The largest absolute Gasteiger partial charge is 0.314 e. The normalized spacial score (nSPS) is 15.8. The molecule has 9 rings (SSSR count). The summed E-state index contributed by atoms with van der Waals surface area (Å²) in [5.41, 5.74) is 10.3. The minimum Gasteiger partial charge on any atom is -0.314 e. The van der Waals surface area contributed by atoms with Crippen LogP contribution >= 0.6 is 0 Å². The van der Waals surface area contributed by atoms with Crippen molar-refractivity contribution in [2.24, 2.45) is 0 Å². The van der Waals surface area contributed by atoms with Crippen molar-refractivity contribution in [2.45, 2.75) is 32.1 Å². The molecule has 3 nitrogen and oxygen atoms in total. The van der Waals surface area contributed by atoms with Crippen molar-refractivity contribution in [3.05, 3.63) is 173 Å². The fourth-order valence-electron chi connectivity index (χ4n) is 7.85. The summed E-state index contributed by atoms with van der Waals surface area (Å²) in [7, 11) is 0. The van der Waals surface area contributed by atoms with Gasteiger partial charge in [0.25, 0.3) is 0 Å². The molecule has 3 aliphatic rings. The molecule has 0 aromatic heterocycles. The minimum absolute atomic E-state index is 0.199. The van der Waals surface area contributed by atoms with Gasteiger partial charge in [-0.25, -0.2) is 0 Å². The lowest BCUT2D eigenvalue weighted by molar-refractivity contribution is 0.0990. The molecule has 0 N–H and O–H groups in total. The molecular formula is C45H33NO2. The standard InChI is InChI=1S/C45H33NO2/c1-45(2)41-22-28(21-40-43(47)38-25-29-11-9-10-12-30(29)26-39(38)44(40)48)17-20-36(41)37-24-31-18-19-35(23-32(31)27-42(37)45)46(33-13-5-3-6-14-33)34-15-7-4-8-16-34/h3-7,9-15,17-27H,8,16H2,1-2H3. The van der Waals surface area contributed by atoms with E-state index in [1.807, 2.05) is 42.5 Å². The molecule has 0 saturated heterocycles. The first-order valence-corrected chi connectivity index (χ1v) is 16.6. The van der Waals surface area contributed by atoms with Gasteiger partial charge in [0, 0.05) is 33.6 Å². The molecule has 0 saturated carbocycles. The molecule has 230 valence electrons. The summed E-state index contributed by atoms with van der Waals surface area (Å²) in [5.74, 6) is -0.397. The number of hydrogen-bond acceptors (Lipinski definition) is 3. The van der Waals surface area contributed by atoms with Gasteiger partial charge in [0.05, 0.1) is 5.57 Å². The zero-order valence-electron chi connectivity index (χ0n) is 27.0. The Morgan fingerprint density at radius 3 is 1.98 bits per heavy atom. The Bertz CT molecular complexity index is 2400. The summed E-state index contributed by atoms with van der Waals surface area (Å²) in [5, 5.41) is 4.33. The number of rotatable bonds is 4. The minimum atomic E-state index is -0.260. The number of ketones is 2. The third-order valence-electron chi connectivity index (χ3n) is 10.4. The van der Waals surface area contributed by atoms with E-state index in [9.17, 15) is 9.59 Å². The summed E-state index contributed by atoms with van der Waals surface area (Å²) in [6, 6.07) is 40.0. The number of allylic oxidation sites excluding steroid dienone is 5. The lowest BCUT2D eigenvalue weighted by atomic mass is 9.81. The van der Waals surface area contributed by atoms with Crippen LogP contribution in [-0.2, 0) is 5.41 Å². The van der Waals surface area contributed by atoms with Gasteiger partial charge in [-0.05, 0) is 123 Å². The third-order valence-corrected chi connectivity index (χ3v) is 10.4. The highest BCUT2D eigenvalue weighted by Crippen LogP contribution is 2.51. The Balaban J connectivity index is 1.10. The Morgan fingerprint density at radius 2 is 1.27 bits per heavy atom. The zero-order chi connectivity index (χ0) is 32.6. The van der Waals surface area contributed by atoms with Gasteiger partial charge in [-0.1, -0.05) is 92.7 Å². The highest BCUT2D eigenvalue weighted by molar-refractivity contribution is 6.42. The van der Waals surface area contributed by atoms with E-state index >= 15 is 0 Å². The lowest BCUT2D eigenvalue weighted by Crippen LogP contribution is -2.17. The maximum Gasteiger partial charge on any atom is 0.197 e. The Kier molecular flexibility index (Phi) is 6.29. The predicted octanol–water partition coefficient (Wildman–Crippen LogP) is 11.1. The first kappa shape index (κ1) is 28.4. The second-order valence-electron chi connectivity index (χ2n) is 13.6. The van der Waals surface area contributed by atoms with Crippen LogP contribution < -0.4 is 4.90 Å². The van der Waals surface area contributed by atoms with E-state index in [0.29, 0.717) is 11.1 Å². The molecule has 0 bridgehead atoms. The first-order valence-electron chi connectivity index (χ1n) is 16.6. The van der Waals surface area contributed by atoms with Gasteiger partial charge in [-0.2, -0.15) is 0 Å². The second-order valence-corrected chi connectivity index (χ2v) is 13.6. The van der Waals surface area contributed by atoms with Crippen LogP contribution in [0.4, 0.5) is 11.4 Å². The van der Waals surface area contributed by atoms with Crippen molar-refractivity contribution in [3.63, 3.8) is 0 Å². The van der Waals surface area contributed by atoms with Crippen LogP contribution in [-0.4, -0.2) is 11.6 Å². The summed E-state index contributed by atoms with van der Waals surface area (Å²) in [6.45, 7) is 4.54. The number of Topliss-reactive ketones (excluding diaryl/α,β-unsaturated/α-hetero) is 2. The predicted molar refractivity (Wildman–Crippen MR) is 197 cm³/mol. The fourth-order valence-corrected chi connectivity index (χ4v) is 7.85. The SMILES string of the molecule is CC1(C)c2cc(C=C3C(=O)c4cc5ccccc5cc4C3=O)ccc2-c2cc3ccc(N(C4=CC=CCC4)c4ccccc4)cc3cc21. The molecule has 0 atom stereocenters. The van der Waals surface area contributed by atoms with E-state index in [-0.39, 0.29) is 22.6 Å². The highest BCUT2D eigenvalue weighted by atomic mass is 16.2. The Labute approximate surface area is 280 Å². The van der Waals surface area contributed by atoms with Crippen LogP contribution in [0, 0.1) is 0 Å². The van der Waals surface area contributed by atoms with Gasteiger partial charge in [0.15, 0.2) is 11.6 Å². The van der Waals surface area contributed by atoms with Crippen molar-refractivity contribution in [1.29, 1.82) is 0 Å². The summed E-state index contributed by atoms with van der Waals surface area (Å²) >= 11 is 0. The van der Waals surface area contributed by atoms with Gasteiger partial charge >= 0.3 is 0 Å². The molecule has 0 aliphatic heterocycles. The van der Waals surface area contributed by atoms with Crippen LogP contribution in [0.5, 0.6) is 0 Å². The molecule has 0 unspecified atom stereocenters. The number of fused-ring (bicyclic) bond motifs is 6. The van der Waals surface area contributed by atoms with E-state index in [2.05, 4.69) is 110 Å². The molecule has 0 heterocycles. The molecule has 6 aromatic carbocycles. The fraction of sp³-hybridized carbons (Fsp3) is 0.111. The molecule has 3 aliphatic carbocycles. The number of anilines is 2. The van der Waals surface area contributed by atoms with Crippen LogP contribution in [0.15, 0.2) is 145 Å². The lowest BCUT2D eigenvalue weighted by Gasteiger charge is -2.29. The average molecular weight is 620 g/mol. The van der Waals surface area contributed by atoms with Crippen molar-refractivity contribution in [1.82, 2.24) is 0 Å². The molecule has 3 heteroatoms. The van der Waals surface area contributed by atoms with E-state index in [0.717, 1.165) is 40.6 Å². The van der Waals surface area contributed by atoms with Crippen LogP contribution in [0.2, 0.25) is 0 Å². The van der Waals surface area contributed by atoms with Gasteiger partial charge in [-0.15, -0.1) is 0 Å². The molecule has 6 aromatic rings. The average Bonchev–Trinajstić information content (AvgIpc) is 3.47. The van der Waals surface area contributed by atoms with Crippen molar-refractivity contribution in [3.8, 4) is 11.1 Å². The number of nitrogens with zero attached hydrogens (tertiary/aromatic N) is 1. The molecule has 0 spiro atoms. The van der Waals surface area contributed by atoms with E-state index in [4.69, 9.17) is 0 Å². The van der Waals surface area contributed by atoms with Crippen LogP contribution in [0.25, 0.3) is 38.7 Å². The van der Waals surface area contributed by atoms with Crippen LogP contribution in [0.1, 0.15) is 64.1 Å². The number of carbonyl (C=O) groups is 2. The maximum absolute atomic E-state index is 13.5. The second kappa shape index (κ2) is 10.6. The quantitative estimate of drug-likeness (QED) is 0.146. The topological polar surface area (TPSA) is 37.4 Å². The van der Waals surface area contributed by atoms with Crippen molar-refractivity contribution < 1.29 is 9.59 Å². The Morgan fingerprint density at radius 1 is 0.604 bits per heavy atom. The van der Waals surface area contributed by atoms with E-state index < -0.39 is 0 Å². The number of para-hydroxylation sites is 1. The van der Waals surface area contributed by atoms with Gasteiger partial charge in [0.1, 0.15) is 0 Å². The number of hydrogen-bond donors (Lipinski definition) is 0. The molecule has 0 amide bonds. The van der Waals surface area contributed by atoms with Crippen molar-refractivity contribution >= 4 is 50.6 Å². The zero-order valence-corrected chi connectivity index (χ0v) is 27.0. The highest BCUT2D eigenvalue weighted by Gasteiger charge is 2.37. The van der Waals surface area contributed by atoms with Gasteiger partial charge in [0.2, 0.25) is 0 Å². The molecule has 48 heavy (non-hydrogen) atoms. The summed E-state index contributed by atoms with van der Waals surface area (Å²) in [6.07, 6.45) is 10.4. The van der Waals surface area contributed by atoms with Gasteiger partial charge in [-0.3, -0.25) is 9.59 Å².